The molecule has 1 N–H and O–H groups in total. The molecule has 0 unspecified atom stereocenters. The Hall–Kier alpha value is -4.19. The van der Waals surface area contributed by atoms with Crippen LogP contribution >= 0.6 is 0 Å². The Bertz CT molecular complexity index is 1490. The summed E-state index contributed by atoms with van der Waals surface area (Å²) in [6, 6.07) is 8.92. The van der Waals surface area contributed by atoms with Crippen LogP contribution in [-0.2, 0) is 17.9 Å². The van der Waals surface area contributed by atoms with Crippen molar-refractivity contribution < 1.29 is 18.6 Å². The number of carbonyl (C=O) groups is 1. The first-order valence-corrected chi connectivity index (χ1v) is 10.6. The van der Waals surface area contributed by atoms with Crippen molar-refractivity contribution in [2.75, 3.05) is 26.0 Å². The van der Waals surface area contributed by atoms with Gasteiger partial charge in [-0.05, 0) is 44.8 Å². The topological polar surface area (TPSA) is 146 Å². The quantitative estimate of drug-likeness (QED) is 0.290. The Morgan fingerprint density at radius 2 is 1.71 bits per heavy atom. The van der Waals surface area contributed by atoms with Crippen LogP contribution in [0.25, 0.3) is 22.2 Å². The van der Waals surface area contributed by atoms with Crippen LogP contribution in [0.3, 0.4) is 0 Å². The molecule has 0 aliphatic carbocycles. The number of nitro groups is 1. The van der Waals surface area contributed by atoms with Gasteiger partial charge in [-0.1, -0.05) is 0 Å². The van der Waals surface area contributed by atoms with Gasteiger partial charge in [0.1, 0.15) is 0 Å². The normalized spacial score (nSPS) is 11.5. The Kier molecular flexibility index (Phi) is 6.32. The Labute approximate surface area is 192 Å². The number of likely N-dealkylation sites (N-methyl/N-ethyl adjacent to an activating group) is 1. The number of hydrogen-bond acceptors (Lipinski definition) is 8. The van der Waals surface area contributed by atoms with Crippen LogP contribution < -0.4 is 16.8 Å². The molecule has 0 bridgehead atoms. The van der Waals surface area contributed by atoms with Crippen molar-refractivity contribution in [1.82, 2.24) is 14.0 Å². The molecule has 1 amide bonds. The molecule has 2 aromatic carbocycles. The largest absolute Gasteiger partial charge is 0.419 e. The van der Waals surface area contributed by atoms with Crippen molar-refractivity contribution >= 4 is 39.5 Å². The number of carbonyl (C=O) groups excluding carboxylic acids is 1. The van der Waals surface area contributed by atoms with Crippen molar-refractivity contribution in [3.8, 4) is 0 Å². The summed E-state index contributed by atoms with van der Waals surface area (Å²) in [6.07, 6.45) is 0.474. The first-order valence-electron chi connectivity index (χ1n) is 10.6. The molecule has 0 atom stereocenters. The molecule has 0 radical (unpaired) electrons. The predicted molar refractivity (Wildman–Crippen MR) is 124 cm³/mol. The summed E-state index contributed by atoms with van der Waals surface area (Å²) in [5.74, 6) is -1.36. The SMILES string of the molecule is CN(C)CCn1c(=O)oc2ccc(NC(=O)CCCn3c(=O)oc4cc([N+](=O)[O-])ccc43)cc21. The lowest BCUT2D eigenvalue weighted by molar-refractivity contribution is -0.384. The van der Waals surface area contributed by atoms with E-state index in [1.165, 1.54) is 27.3 Å². The van der Waals surface area contributed by atoms with Gasteiger partial charge < -0.3 is 19.1 Å². The highest BCUT2D eigenvalue weighted by molar-refractivity contribution is 5.92. The smallest absolute Gasteiger partial charge is 0.408 e. The number of oxazole rings is 2. The number of nitrogens with zero attached hydrogens (tertiary/aromatic N) is 4. The highest BCUT2D eigenvalue weighted by Crippen LogP contribution is 2.21. The highest BCUT2D eigenvalue weighted by Gasteiger charge is 2.15. The van der Waals surface area contributed by atoms with Crippen molar-refractivity contribution in [3.05, 3.63) is 67.6 Å². The van der Waals surface area contributed by atoms with Crippen molar-refractivity contribution in [2.24, 2.45) is 0 Å². The van der Waals surface area contributed by atoms with Crippen LogP contribution in [0.4, 0.5) is 11.4 Å². The van der Waals surface area contributed by atoms with E-state index in [9.17, 15) is 24.5 Å². The molecule has 4 aromatic rings. The summed E-state index contributed by atoms with van der Waals surface area (Å²) >= 11 is 0. The minimum Gasteiger partial charge on any atom is -0.408 e. The zero-order valence-corrected chi connectivity index (χ0v) is 18.6. The van der Waals surface area contributed by atoms with Crippen LogP contribution in [0.15, 0.2) is 54.8 Å². The Morgan fingerprint density at radius 3 is 2.41 bits per heavy atom. The number of non-ortho nitro benzene ring substituents is 1. The molecule has 0 saturated carbocycles. The number of amides is 1. The van der Waals surface area contributed by atoms with E-state index in [1.807, 2.05) is 19.0 Å². The maximum absolute atomic E-state index is 12.5. The van der Waals surface area contributed by atoms with Crippen molar-refractivity contribution in [1.29, 1.82) is 0 Å². The standard InChI is InChI=1S/C22H23N5O7/c1-24(2)10-11-26-17-12-14(5-8-18(17)33-22(26)30)23-20(28)4-3-9-25-16-7-6-15(27(31)32)13-19(16)34-21(25)29/h5-8,12-13H,3-4,9-11H2,1-2H3,(H,23,28). The minimum absolute atomic E-state index is 0.123. The third kappa shape index (κ3) is 4.76. The number of aryl methyl sites for hydroxylation is 1. The number of aromatic nitrogens is 2. The van der Waals surface area contributed by atoms with Gasteiger partial charge in [0.15, 0.2) is 11.2 Å². The third-order valence-corrected chi connectivity index (χ3v) is 5.37. The van der Waals surface area contributed by atoms with Gasteiger partial charge in [-0.15, -0.1) is 0 Å². The Morgan fingerprint density at radius 1 is 1.00 bits per heavy atom. The molecule has 0 spiro atoms. The minimum atomic E-state index is -0.642. The van der Waals surface area contributed by atoms with E-state index in [0.29, 0.717) is 41.8 Å². The summed E-state index contributed by atoms with van der Waals surface area (Å²) in [7, 11) is 3.81. The van der Waals surface area contributed by atoms with Gasteiger partial charge in [0.25, 0.3) is 5.69 Å². The number of nitrogens with one attached hydrogen (secondary N) is 1. The van der Waals surface area contributed by atoms with E-state index in [-0.39, 0.29) is 30.1 Å². The number of anilines is 1. The number of benzene rings is 2. The fourth-order valence-electron chi connectivity index (χ4n) is 3.65. The van der Waals surface area contributed by atoms with Crippen LogP contribution in [-0.4, -0.2) is 45.5 Å². The fraction of sp³-hybridized carbons (Fsp3) is 0.318. The maximum Gasteiger partial charge on any atom is 0.419 e. The molecule has 0 aliphatic heterocycles. The van der Waals surface area contributed by atoms with Crippen LogP contribution in [0.2, 0.25) is 0 Å². The number of nitro benzene ring substituents is 1. The molecule has 12 heteroatoms. The molecule has 34 heavy (non-hydrogen) atoms. The van der Waals surface area contributed by atoms with E-state index in [2.05, 4.69) is 5.32 Å². The second-order valence-corrected chi connectivity index (χ2v) is 8.09. The first kappa shape index (κ1) is 23.0. The zero-order chi connectivity index (χ0) is 24.4. The molecule has 0 saturated heterocycles. The zero-order valence-electron chi connectivity index (χ0n) is 18.6. The molecule has 12 nitrogen and oxygen atoms in total. The monoisotopic (exact) mass is 469 g/mol. The summed E-state index contributed by atoms with van der Waals surface area (Å²) in [5, 5.41) is 13.7. The summed E-state index contributed by atoms with van der Waals surface area (Å²) in [5.41, 5.74) is 1.93. The van der Waals surface area contributed by atoms with Gasteiger partial charge in [0.2, 0.25) is 5.91 Å². The van der Waals surface area contributed by atoms with Gasteiger partial charge in [-0.2, -0.15) is 0 Å². The van der Waals surface area contributed by atoms with Crippen LogP contribution in [0.5, 0.6) is 0 Å². The van der Waals surface area contributed by atoms with Gasteiger partial charge in [-0.25, -0.2) is 9.59 Å². The maximum atomic E-state index is 12.5. The second kappa shape index (κ2) is 9.35. The second-order valence-electron chi connectivity index (χ2n) is 8.09. The van der Waals surface area contributed by atoms with Gasteiger partial charge in [0, 0.05) is 37.8 Å². The lowest BCUT2D eigenvalue weighted by atomic mass is 10.2. The van der Waals surface area contributed by atoms with E-state index >= 15 is 0 Å². The average Bonchev–Trinajstić information content (AvgIpc) is 3.26. The van der Waals surface area contributed by atoms with E-state index in [0.717, 1.165) is 0 Å². The Balaban J connectivity index is 1.41. The average molecular weight is 469 g/mol. The van der Waals surface area contributed by atoms with Gasteiger partial charge in [0.05, 0.1) is 22.0 Å². The van der Waals surface area contributed by atoms with E-state index in [4.69, 9.17) is 8.83 Å². The summed E-state index contributed by atoms with van der Waals surface area (Å²) < 4.78 is 13.2. The van der Waals surface area contributed by atoms with Gasteiger partial charge in [-0.3, -0.25) is 24.0 Å². The lowest BCUT2D eigenvalue weighted by Crippen LogP contribution is -2.23. The van der Waals surface area contributed by atoms with Crippen LogP contribution in [0, 0.1) is 10.1 Å². The molecule has 4 rings (SSSR count). The van der Waals surface area contributed by atoms with Crippen LogP contribution in [0.1, 0.15) is 12.8 Å². The predicted octanol–water partition coefficient (Wildman–Crippen LogP) is 2.39. The summed E-state index contributed by atoms with van der Waals surface area (Å²) in [4.78, 5) is 49.0. The van der Waals surface area contributed by atoms with Gasteiger partial charge >= 0.3 is 11.5 Å². The van der Waals surface area contributed by atoms with Crippen molar-refractivity contribution in [2.45, 2.75) is 25.9 Å². The summed E-state index contributed by atoms with van der Waals surface area (Å²) in [6.45, 7) is 1.31. The number of hydrogen-bond donors (Lipinski definition) is 1. The molecular formula is C22H23N5O7. The fourth-order valence-corrected chi connectivity index (χ4v) is 3.65. The van der Waals surface area contributed by atoms with E-state index in [1.54, 1.807) is 18.2 Å². The number of fused-ring (bicyclic) bond motifs is 2. The number of rotatable bonds is 9. The molecule has 2 heterocycles. The first-order chi connectivity index (χ1) is 16.2. The molecule has 0 aliphatic rings. The lowest BCUT2D eigenvalue weighted by Gasteiger charge is -2.10. The molecular weight excluding hydrogens is 446 g/mol. The highest BCUT2D eigenvalue weighted by atomic mass is 16.6. The molecule has 178 valence electrons. The molecule has 0 fully saturated rings. The third-order valence-electron chi connectivity index (χ3n) is 5.37. The van der Waals surface area contributed by atoms with E-state index < -0.39 is 16.4 Å². The van der Waals surface area contributed by atoms with Crippen molar-refractivity contribution in [3.63, 3.8) is 0 Å². The molecule has 2 aromatic heterocycles.